The van der Waals surface area contributed by atoms with Gasteiger partial charge < -0.3 is 10.4 Å². The molecule has 1 heterocycles. The number of nitrogens with zero attached hydrogens (tertiary/aromatic N) is 1. The molecular formula is C32H57N2O4P. The Kier molecular flexibility index (Phi) is 9.95. The van der Waals surface area contributed by atoms with Crippen molar-refractivity contribution < 1.29 is 19.5 Å². The molecular weight excluding hydrogens is 507 g/mol. The zero-order valence-electron chi connectivity index (χ0n) is 25.4. The largest absolute Gasteiger partial charge is 0.393 e. The normalized spacial score (nSPS) is 44.5. The van der Waals surface area contributed by atoms with Crippen molar-refractivity contribution in [2.75, 3.05) is 13.1 Å². The van der Waals surface area contributed by atoms with Crippen LogP contribution in [-0.2, 0) is 14.4 Å². The standard InChI is InChI=1S/C32H54N2O4.H3P/c1-6-33-29(37)12-9-20(2)24-10-11-25-30-26(14-16-32(24,25)5)31(4)15-13-23(18-22(31)19-28(30)36)38-34-17-7-8-27(34)21(3)35;/h20,22-28,30,36H,6-19H2,1-5H3,(H,33,37);1H3/t20-,22-,23+,24?,25?,26?,27-,28+,30?,31-,32+;/m0./s1. The first kappa shape index (κ1) is 31.4. The lowest BCUT2D eigenvalue weighted by molar-refractivity contribution is -0.238. The van der Waals surface area contributed by atoms with Gasteiger partial charge in [0.25, 0.3) is 0 Å². The molecule has 224 valence electrons. The molecule has 4 aliphatic carbocycles. The van der Waals surface area contributed by atoms with Gasteiger partial charge in [0, 0.05) is 19.5 Å². The Balaban J connectivity index is 0.00000353. The van der Waals surface area contributed by atoms with Crippen molar-refractivity contribution in [1.29, 1.82) is 0 Å². The summed E-state index contributed by atoms with van der Waals surface area (Å²) in [5.41, 5.74) is 0.557. The van der Waals surface area contributed by atoms with Gasteiger partial charge in [0.15, 0.2) is 0 Å². The SMILES string of the molecule is CCNC(=O)CC[C@H](C)C1CCC2C3C(CC[C@@]21C)[C@@]1(C)CC[C@@H](ON2CCC[C@H]2C(C)=O)C[C@H]1C[C@H]3O.P. The molecule has 0 aromatic carbocycles. The highest BCUT2D eigenvalue weighted by molar-refractivity contribution is 6.92. The van der Waals surface area contributed by atoms with E-state index in [-0.39, 0.29) is 50.7 Å². The van der Waals surface area contributed by atoms with Gasteiger partial charge in [-0.15, -0.1) is 0 Å². The van der Waals surface area contributed by atoms with E-state index in [9.17, 15) is 14.7 Å². The highest BCUT2D eigenvalue weighted by Gasteiger charge is 2.63. The second-order valence-corrected chi connectivity index (χ2v) is 14.4. The lowest BCUT2D eigenvalue weighted by Gasteiger charge is -2.62. The molecule has 5 fully saturated rings. The summed E-state index contributed by atoms with van der Waals surface area (Å²) >= 11 is 0. The van der Waals surface area contributed by atoms with Gasteiger partial charge in [-0.3, -0.25) is 14.4 Å². The van der Waals surface area contributed by atoms with Gasteiger partial charge in [0.2, 0.25) is 5.91 Å². The number of hydrogen-bond donors (Lipinski definition) is 2. The number of fused-ring (bicyclic) bond motifs is 5. The summed E-state index contributed by atoms with van der Waals surface area (Å²) in [6.07, 6.45) is 12.6. The van der Waals surface area contributed by atoms with Crippen molar-refractivity contribution >= 4 is 21.6 Å². The molecule has 5 unspecified atom stereocenters. The number of amides is 1. The topological polar surface area (TPSA) is 78.9 Å². The monoisotopic (exact) mass is 564 g/mol. The molecule has 0 bridgehead atoms. The summed E-state index contributed by atoms with van der Waals surface area (Å²) in [6, 6.07) is -0.0700. The first-order valence-electron chi connectivity index (χ1n) is 16.0. The average Bonchev–Trinajstić information content (AvgIpc) is 3.48. The van der Waals surface area contributed by atoms with E-state index in [2.05, 4.69) is 26.1 Å². The average molecular weight is 565 g/mol. The van der Waals surface area contributed by atoms with Gasteiger partial charge in [-0.1, -0.05) is 20.8 Å². The maximum absolute atomic E-state index is 12.1. The van der Waals surface area contributed by atoms with Gasteiger partial charge in [0.05, 0.1) is 18.2 Å². The number of hydroxylamine groups is 2. The third-order valence-corrected chi connectivity index (χ3v) is 12.6. The number of aliphatic hydroxyl groups is 1. The fourth-order valence-corrected chi connectivity index (χ4v) is 10.6. The molecule has 0 aromatic rings. The summed E-state index contributed by atoms with van der Waals surface area (Å²) < 4.78 is 0. The molecule has 1 amide bonds. The van der Waals surface area contributed by atoms with Crippen LogP contribution in [0.3, 0.4) is 0 Å². The van der Waals surface area contributed by atoms with E-state index in [1.165, 1.54) is 32.1 Å². The van der Waals surface area contributed by atoms with Crippen LogP contribution in [0.4, 0.5) is 0 Å². The molecule has 0 spiro atoms. The predicted octanol–water partition coefficient (Wildman–Crippen LogP) is 5.58. The van der Waals surface area contributed by atoms with Gasteiger partial charge in [-0.05, 0) is 131 Å². The third kappa shape index (κ3) is 5.75. The molecule has 39 heavy (non-hydrogen) atoms. The van der Waals surface area contributed by atoms with E-state index in [4.69, 9.17) is 4.84 Å². The first-order valence-corrected chi connectivity index (χ1v) is 16.0. The summed E-state index contributed by atoms with van der Waals surface area (Å²) in [5, 5.41) is 16.7. The summed E-state index contributed by atoms with van der Waals surface area (Å²) in [4.78, 5) is 30.7. The lowest BCUT2D eigenvalue weighted by atomic mass is 9.43. The van der Waals surface area contributed by atoms with Crippen LogP contribution in [0.1, 0.15) is 112 Å². The fraction of sp³-hybridized carbons (Fsp3) is 0.938. The van der Waals surface area contributed by atoms with E-state index >= 15 is 0 Å². The minimum Gasteiger partial charge on any atom is -0.393 e. The minimum atomic E-state index is -0.220. The molecule has 1 saturated heterocycles. The minimum absolute atomic E-state index is 0. The van der Waals surface area contributed by atoms with E-state index in [0.717, 1.165) is 45.1 Å². The smallest absolute Gasteiger partial charge is 0.219 e. The van der Waals surface area contributed by atoms with Crippen molar-refractivity contribution in [3.63, 3.8) is 0 Å². The molecule has 0 radical (unpaired) electrons. The number of carbonyl (C=O) groups excluding carboxylic acids is 2. The van der Waals surface area contributed by atoms with Gasteiger partial charge in [-0.25, -0.2) is 0 Å². The van der Waals surface area contributed by atoms with Crippen molar-refractivity contribution in [2.45, 2.75) is 130 Å². The highest BCUT2D eigenvalue weighted by atomic mass is 31.0. The van der Waals surface area contributed by atoms with Crippen LogP contribution in [0.5, 0.6) is 0 Å². The molecule has 4 saturated carbocycles. The predicted molar refractivity (Wildman–Crippen MR) is 160 cm³/mol. The van der Waals surface area contributed by atoms with Crippen LogP contribution >= 0.6 is 9.90 Å². The number of nitrogens with one attached hydrogen (secondary N) is 1. The Bertz CT molecular complexity index is 886. The zero-order valence-corrected chi connectivity index (χ0v) is 26.8. The highest BCUT2D eigenvalue weighted by Crippen LogP contribution is 2.68. The lowest BCUT2D eigenvalue weighted by Crippen LogP contribution is -2.59. The van der Waals surface area contributed by atoms with E-state index in [0.29, 0.717) is 48.5 Å². The maximum atomic E-state index is 12.1. The Morgan fingerprint density at radius 2 is 1.77 bits per heavy atom. The molecule has 2 N–H and O–H groups in total. The number of carbonyl (C=O) groups is 2. The number of aliphatic hydroxyl groups excluding tert-OH is 1. The Hall–Kier alpha value is -0.550. The van der Waals surface area contributed by atoms with Crippen molar-refractivity contribution in [3.8, 4) is 0 Å². The third-order valence-electron chi connectivity index (χ3n) is 12.6. The number of Topliss-reactive ketones (excluding diaryl/α,β-unsaturated/α-hetero) is 1. The van der Waals surface area contributed by atoms with Crippen LogP contribution in [-0.4, -0.2) is 53.2 Å². The summed E-state index contributed by atoms with van der Waals surface area (Å²) in [7, 11) is 0. The van der Waals surface area contributed by atoms with Crippen molar-refractivity contribution in [3.05, 3.63) is 0 Å². The Morgan fingerprint density at radius 1 is 1.05 bits per heavy atom. The van der Waals surface area contributed by atoms with Crippen LogP contribution in [0.25, 0.3) is 0 Å². The first-order chi connectivity index (χ1) is 18.1. The van der Waals surface area contributed by atoms with Crippen molar-refractivity contribution in [1.82, 2.24) is 10.4 Å². The molecule has 5 rings (SSSR count). The molecule has 6 nitrogen and oxygen atoms in total. The fourth-order valence-electron chi connectivity index (χ4n) is 10.6. The number of hydrogen-bond acceptors (Lipinski definition) is 5. The molecule has 7 heteroatoms. The Morgan fingerprint density at radius 3 is 2.49 bits per heavy atom. The Labute approximate surface area is 240 Å². The zero-order chi connectivity index (χ0) is 27.2. The number of ketones is 1. The van der Waals surface area contributed by atoms with Gasteiger partial charge in [-0.2, -0.15) is 15.0 Å². The van der Waals surface area contributed by atoms with E-state index in [1.807, 2.05) is 12.0 Å². The second-order valence-electron chi connectivity index (χ2n) is 14.4. The van der Waals surface area contributed by atoms with Crippen LogP contribution in [0.15, 0.2) is 0 Å². The second kappa shape index (κ2) is 12.4. The van der Waals surface area contributed by atoms with Crippen LogP contribution < -0.4 is 5.32 Å². The van der Waals surface area contributed by atoms with Crippen molar-refractivity contribution in [2.24, 2.45) is 46.3 Å². The molecule has 5 aliphatic rings. The van der Waals surface area contributed by atoms with Gasteiger partial charge >= 0.3 is 0 Å². The van der Waals surface area contributed by atoms with E-state index < -0.39 is 0 Å². The molecule has 1 aliphatic heterocycles. The maximum Gasteiger partial charge on any atom is 0.219 e. The summed E-state index contributed by atoms with van der Waals surface area (Å²) in [6.45, 7) is 12.7. The van der Waals surface area contributed by atoms with Crippen LogP contribution in [0, 0.1) is 46.3 Å². The molecule has 0 aromatic heterocycles. The van der Waals surface area contributed by atoms with Crippen LogP contribution in [0.2, 0.25) is 0 Å². The van der Waals surface area contributed by atoms with Gasteiger partial charge in [0.1, 0.15) is 5.78 Å². The number of rotatable bonds is 8. The van der Waals surface area contributed by atoms with E-state index in [1.54, 1.807) is 6.92 Å². The summed E-state index contributed by atoms with van der Waals surface area (Å²) in [5.74, 6) is 3.70. The quantitative estimate of drug-likeness (QED) is 0.377. The molecule has 12 atom stereocenters.